The minimum atomic E-state index is -0.418. The van der Waals surface area contributed by atoms with Crippen LogP contribution in [0.25, 0.3) is 11.5 Å². The summed E-state index contributed by atoms with van der Waals surface area (Å²) in [6, 6.07) is 7.43. The average Bonchev–Trinajstić information content (AvgIpc) is 3.25. The molecule has 24 heavy (non-hydrogen) atoms. The lowest BCUT2D eigenvalue weighted by Gasteiger charge is -2.12. The fourth-order valence-electron chi connectivity index (χ4n) is 2.68. The molecule has 128 valence electrons. The fourth-order valence-corrected chi connectivity index (χ4v) is 2.68. The molecule has 3 rings (SSSR count). The van der Waals surface area contributed by atoms with Gasteiger partial charge in [0.25, 0.3) is 5.91 Å². The molecule has 0 bridgehead atoms. The highest BCUT2D eigenvalue weighted by Crippen LogP contribution is 2.25. The van der Waals surface area contributed by atoms with Gasteiger partial charge < -0.3 is 20.2 Å². The van der Waals surface area contributed by atoms with Gasteiger partial charge in [-0.15, -0.1) is 0 Å². The standard InChI is InChI=1S/C18H23N3O3/c1-11(2)16-10-20-18(24-16)12-3-5-13(6-4-12)21-17(22)15-8-7-14(9-19)23-15/h3-6,10-11,14-15H,7-9,19H2,1-2H3,(H,21,22)/t14-,15+/m1/s1. The lowest BCUT2D eigenvalue weighted by Crippen LogP contribution is -2.29. The maximum atomic E-state index is 12.2. The summed E-state index contributed by atoms with van der Waals surface area (Å²) < 4.78 is 11.3. The van der Waals surface area contributed by atoms with E-state index in [1.165, 1.54) is 0 Å². The summed E-state index contributed by atoms with van der Waals surface area (Å²) in [7, 11) is 0. The maximum absolute atomic E-state index is 12.2. The topological polar surface area (TPSA) is 90.4 Å². The van der Waals surface area contributed by atoms with E-state index in [2.05, 4.69) is 24.1 Å². The zero-order valence-corrected chi connectivity index (χ0v) is 14.0. The van der Waals surface area contributed by atoms with Crippen LogP contribution in [0.5, 0.6) is 0 Å². The van der Waals surface area contributed by atoms with Crippen LogP contribution in [0.15, 0.2) is 34.9 Å². The monoisotopic (exact) mass is 329 g/mol. The Bertz CT molecular complexity index is 694. The summed E-state index contributed by atoms with van der Waals surface area (Å²) in [4.78, 5) is 16.5. The molecule has 0 aliphatic carbocycles. The van der Waals surface area contributed by atoms with Gasteiger partial charge in [-0.3, -0.25) is 4.79 Å². The summed E-state index contributed by atoms with van der Waals surface area (Å²) in [5, 5.41) is 2.87. The number of rotatable bonds is 5. The Morgan fingerprint density at radius 1 is 1.33 bits per heavy atom. The molecule has 3 N–H and O–H groups in total. The fraction of sp³-hybridized carbons (Fsp3) is 0.444. The van der Waals surface area contributed by atoms with Crippen LogP contribution in [0.3, 0.4) is 0 Å². The highest BCUT2D eigenvalue weighted by Gasteiger charge is 2.29. The van der Waals surface area contributed by atoms with Gasteiger partial charge in [-0.25, -0.2) is 4.98 Å². The van der Waals surface area contributed by atoms with Gasteiger partial charge in [0.2, 0.25) is 5.89 Å². The Balaban J connectivity index is 1.63. The maximum Gasteiger partial charge on any atom is 0.253 e. The molecule has 0 saturated carbocycles. The van der Waals surface area contributed by atoms with Crippen molar-refractivity contribution < 1.29 is 13.9 Å². The van der Waals surface area contributed by atoms with E-state index in [-0.39, 0.29) is 12.0 Å². The van der Waals surface area contributed by atoms with Crippen LogP contribution in [0, 0.1) is 0 Å². The number of nitrogens with two attached hydrogens (primary N) is 1. The molecule has 1 aliphatic heterocycles. The number of benzene rings is 1. The number of oxazole rings is 1. The van der Waals surface area contributed by atoms with Crippen molar-refractivity contribution in [1.82, 2.24) is 4.98 Å². The molecule has 0 unspecified atom stereocenters. The number of nitrogens with zero attached hydrogens (tertiary/aromatic N) is 1. The molecule has 6 heteroatoms. The minimum Gasteiger partial charge on any atom is -0.441 e. The van der Waals surface area contributed by atoms with E-state index in [0.29, 0.717) is 24.8 Å². The van der Waals surface area contributed by atoms with Gasteiger partial charge in [0, 0.05) is 23.7 Å². The Hall–Kier alpha value is -2.18. The average molecular weight is 329 g/mol. The van der Waals surface area contributed by atoms with Gasteiger partial charge in [-0.05, 0) is 37.1 Å². The van der Waals surface area contributed by atoms with Crippen molar-refractivity contribution in [2.45, 2.75) is 44.8 Å². The van der Waals surface area contributed by atoms with E-state index >= 15 is 0 Å². The summed E-state index contributed by atoms with van der Waals surface area (Å²) in [5.41, 5.74) is 7.17. The third kappa shape index (κ3) is 3.66. The van der Waals surface area contributed by atoms with E-state index < -0.39 is 6.10 Å². The molecular formula is C18H23N3O3. The van der Waals surface area contributed by atoms with Gasteiger partial charge in [0.15, 0.2) is 0 Å². The Kier molecular flexibility index (Phi) is 4.97. The van der Waals surface area contributed by atoms with Crippen LogP contribution in [0.2, 0.25) is 0 Å². The molecule has 2 atom stereocenters. The van der Waals surface area contributed by atoms with Crippen molar-refractivity contribution >= 4 is 11.6 Å². The molecule has 1 aliphatic rings. The smallest absolute Gasteiger partial charge is 0.253 e. The van der Waals surface area contributed by atoms with Crippen molar-refractivity contribution in [2.24, 2.45) is 5.73 Å². The Labute approximate surface area is 141 Å². The van der Waals surface area contributed by atoms with Crippen LogP contribution < -0.4 is 11.1 Å². The predicted octanol–water partition coefficient (Wildman–Crippen LogP) is 2.91. The lowest BCUT2D eigenvalue weighted by molar-refractivity contribution is -0.126. The molecule has 1 saturated heterocycles. The van der Waals surface area contributed by atoms with Crippen molar-refractivity contribution in [1.29, 1.82) is 0 Å². The first-order chi connectivity index (χ1) is 11.6. The molecule has 2 aromatic rings. The van der Waals surface area contributed by atoms with Crippen molar-refractivity contribution in [3.8, 4) is 11.5 Å². The summed E-state index contributed by atoms with van der Waals surface area (Å²) in [6.07, 6.45) is 2.86. The quantitative estimate of drug-likeness (QED) is 0.880. The second-order valence-electron chi connectivity index (χ2n) is 6.35. The van der Waals surface area contributed by atoms with E-state index in [1.54, 1.807) is 6.20 Å². The molecule has 0 radical (unpaired) electrons. The van der Waals surface area contributed by atoms with Gasteiger partial charge >= 0.3 is 0 Å². The lowest BCUT2D eigenvalue weighted by atomic mass is 10.1. The number of anilines is 1. The Morgan fingerprint density at radius 2 is 2.08 bits per heavy atom. The number of hydrogen-bond donors (Lipinski definition) is 2. The number of carbonyl (C=O) groups is 1. The van der Waals surface area contributed by atoms with E-state index in [0.717, 1.165) is 23.4 Å². The highest BCUT2D eigenvalue weighted by atomic mass is 16.5. The van der Waals surface area contributed by atoms with E-state index in [4.69, 9.17) is 14.9 Å². The number of carbonyl (C=O) groups excluding carboxylic acids is 1. The molecule has 1 aromatic carbocycles. The first-order valence-corrected chi connectivity index (χ1v) is 8.29. The second kappa shape index (κ2) is 7.15. The number of aromatic nitrogens is 1. The number of amides is 1. The van der Waals surface area contributed by atoms with Crippen molar-refractivity contribution in [3.63, 3.8) is 0 Å². The highest BCUT2D eigenvalue weighted by molar-refractivity contribution is 5.94. The van der Waals surface area contributed by atoms with Crippen LogP contribution in [0.1, 0.15) is 38.4 Å². The minimum absolute atomic E-state index is 0.0108. The van der Waals surface area contributed by atoms with Crippen LogP contribution in [0.4, 0.5) is 5.69 Å². The van der Waals surface area contributed by atoms with Gasteiger partial charge in [-0.1, -0.05) is 13.8 Å². The third-order valence-corrected chi connectivity index (χ3v) is 4.15. The molecule has 0 spiro atoms. The van der Waals surface area contributed by atoms with Gasteiger partial charge in [0.05, 0.1) is 12.3 Å². The van der Waals surface area contributed by atoms with Crippen molar-refractivity contribution in [3.05, 3.63) is 36.2 Å². The zero-order chi connectivity index (χ0) is 17.1. The van der Waals surface area contributed by atoms with Crippen LogP contribution in [-0.2, 0) is 9.53 Å². The number of nitrogens with one attached hydrogen (secondary N) is 1. The first kappa shape index (κ1) is 16.7. The predicted molar refractivity (Wildman–Crippen MR) is 91.6 cm³/mol. The van der Waals surface area contributed by atoms with E-state index in [9.17, 15) is 4.79 Å². The second-order valence-corrected chi connectivity index (χ2v) is 6.35. The molecule has 6 nitrogen and oxygen atoms in total. The Morgan fingerprint density at radius 3 is 2.67 bits per heavy atom. The van der Waals surface area contributed by atoms with E-state index in [1.807, 2.05) is 24.3 Å². The largest absolute Gasteiger partial charge is 0.441 e. The summed E-state index contributed by atoms with van der Waals surface area (Å²) in [5.74, 6) is 1.61. The molecule has 1 amide bonds. The molecule has 1 aromatic heterocycles. The molecule has 1 fully saturated rings. The van der Waals surface area contributed by atoms with Crippen LogP contribution >= 0.6 is 0 Å². The third-order valence-electron chi connectivity index (χ3n) is 4.15. The number of ether oxygens (including phenoxy) is 1. The summed E-state index contributed by atoms with van der Waals surface area (Å²) in [6.45, 7) is 4.57. The summed E-state index contributed by atoms with van der Waals surface area (Å²) >= 11 is 0. The van der Waals surface area contributed by atoms with Gasteiger partial charge in [-0.2, -0.15) is 0 Å². The first-order valence-electron chi connectivity index (χ1n) is 8.29. The normalized spacial score (nSPS) is 20.5. The number of hydrogen-bond acceptors (Lipinski definition) is 5. The molecular weight excluding hydrogens is 306 g/mol. The SMILES string of the molecule is CC(C)c1cnc(-c2ccc(NC(=O)[C@@H]3CC[C@H](CN)O3)cc2)o1. The zero-order valence-electron chi connectivity index (χ0n) is 14.0. The van der Waals surface area contributed by atoms with Crippen molar-refractivity contribution in [2.75, 3.05) is 11.9 Å². The molecule has 2 heterocycles. The van der Waals surface area contributed by atoms with Gasteiger partial charge in [0.1, 0.15) is 11.9 Å². The van der Waals surface area contributed by atoms with Crippen LogP contribution in [-0.4, -0.2) is 29.6 Å².